The monoisotopic (exact) mass is 255 g/mol. The van der Waals surface area contributed by atoms with Gasteiger partial charge in [0.15, 0.2) is 5.11 Å². The molecule has 0 saturated heterocycles. The zero-order valence-corrected chi connectivity index (χ0v) is 11.0. The Morgan fingerprint density at radius 1 is 1.59 bits per heavy atom. The Morgan fingerprint density at radius 2 is 2.29 bits per heavy atom. The summed E-state index contributed by atoms with van der Waals surface area (Å²) in [4.78, 5) is 11.7. The van der Waals surface area contributed by atoms with Crippen LogP contribution >= 0.6 is 12.2 Å². The number of rotatable bonds is 3. The van der Waals surface area contributed by atoms with Crippen LogP contribution in [0.5, 0.6) is 0 Å². The minimum absolute atomic E-state index is 0.255. The molecule has 0 atom stereocenters. The lowest BCUT2D eigenvalue weighted by molar-refractivity contribution is 0.0885. The third-order valence-electron chi connectivity index (χ3n) is 2.02. The second-order valence-corrected chi connectivity index (χ2v) is 4.48. The normalized spacial score (nSPS) is 10.1. The summed E-state index contributed by atoms with van der Waals surface area (Å²) < 4.78 is 4.83. The average molecular weight is 255 g/mol. The van der Waals surface area contributed by atoms with Gasteiger partial charge in [0.2, 0.25) is 0 Å². The standard InChI is InChI=1S/C11H17N3O2S/c1-8(2)6-12-11(17)14(3)13-10(15)9-4-5-16-7-9/h4-5,7-8H,6H2,1-3H3,(H,12,17)(H,13,15). The second kappa shape index (κ2) is 6.24. The first-order valence-electron chi connectivity index (χ1n) is 5.35. The van der Waals surface area contributed by atoms with Crippen molar-refractivity contribution in [3.8, 4) is 0 Å². The number of nitrogens with one attached hydrogen (secondary N) is 2. The lowest BCUT2D eigenvalue weighted by Crippen LogP contribution is -2.48. The van der Waals surface area contributed by atoms with E-state index in [-0.39, 0.29) is 5.91 Å². The molecule has 0 fully saturated rings. The predicted octanol–water partition coefficient (Wildman–Crippen LogP) is 1.39. The Kier molecular flexibility index (Phi) is 4.96. The van der Waals surface area contributed by atoms with Crippen molar-refractivity contribution in [2.45, 2.75) is 13.8 Å². The molecule has 5 nitrogen and oxygen atoms in total. The molecule has 0 bridgehead atoms. The Morgan fingerprint density at radius 3 is 2.82 bits per heavy atom. The molecule has 0 radical (unpaired) electrons. The Balaban J connectivity index is 2.41. The van der Waals surface area contributed by atoms with Gasteiger partial charge >= 0.3 is 0 Å². The van der Waals surface area contributed by atoms with Gasteiger partial charge in [-0.15, -0.1) is 0 Å². The molecule has 2 N–H and O–H groups in total. The van der Waals surface area contributed by atoms with Crippen molar-refractivity contribution in [3.63, 3.8) is 0 Å². The summed E-state index contributed by atoms with van der Waals surface area (Å²) in [5.74, 6) is 0.237. The maximum atomic E-state index is 11.7. The minimum Gasteiger partial charge on any atom is -0.472 e. The van der Waals surface area contributed by atoms with Crippen LogP contribution in [0.1, 0.15) is 24.2 Å². The molecule has 0 unspecified atom stereocenters. The van der Waals surface area contributed by atoms with Crippen LogP contribution in [0.4, 0.5) is 0 Å². The van der Waals surface area contributed by atoms with Crippen LogP contribution in [0, 0.1) is 5.92 Å². The molecule has 1 rings (SSSR count). The van der Waals surface area contributed by atoms with Gasteiger partial charge in [-0.3, -0.25) is 15.2 Å². The number of thiocarbonyl (C=S) groups is 1. The highest BCUT2D eigenvalue weighted by Gasteiger charge is 2.11. The number of amides is 1. The number of hydrogen-bond acceptors (Lipinski definition) is 3. The largest absolute Gasteiger partial charge is 0.472 e. The van der Waals surface area contributed by atoms with Gasteiger partial charge in [0.1, 0.15) is 6.26 Å². The first kappa shape index (κ1) is 13.5. The van der Waals surface area contributed by atoms with Crippen LogP contribution in [0.15, 0.2) is 23.0 Å². The number of carbonyl (C=O) groups is 1. The highest BCUT2D eigenvalue weighted by Crippen LogP contribution is 1.99. The van der Waals surface area contributed by atoms with E-state index >= 15 is 0 Å². The van der Waals surface area contributed by atoms with Crippen molar-refractivity contribution in [1.29, 1.82) is 0 Å². The maximum absolute atomic E-state index is 11.7. The highest BCUT2D eigenvalue weighted by atomic mass is 32.1. The van der Waals surface area contributed by atoms with Crippen molar-refractivity contribution < 1.29 is 9.21 Å². The Labute approximate surface area is 106 Å². The van der Waals surface area contributed by atoms with Crippen LogP contribution in [-0.4, -0.2) is 29.6 Å². The summed E-state index contributed by atoms with van der Waals surface area (Å²) >= 11 is 5.12. The molecule has 6 heteroatoms. The van der Waals surface area contributed by atoms with Crippen molar-refractivity contribution in [2.24, 2.45) is 5.92 Å². The molecule has 94 valence electrons. The van der Waals surface area contributed by atoms with E-state index < -0.39 is 0 Å². The van der Waals surface area contributed by atoms with Gasteiger partial charge in [0.25, 0.3) is 5.91 Å². The van der Waals surface area contributed by atoms with E-state index in [1.54, 1.807) is 13.1 Å². The second-order valence-electron chi connectivity index (χ2n) is 4.09. The first-order valence-corrected chi connectivity index (χ1v) is 5.76. The topological polar surface area (TPSA) is 57.5 Å². The minimum atomic E-state index is -0.255. The SMILES string of the molecule is CC(C)CNC(=S)N(C)NC(=O)c1ccoc1. The van der Waals surface area contributed by atoms with Gasteiger partial charge in [-0.2, -0.15) is 0 Å². The number of hydrazine groups is 1. The maximum Gasteiger partial charge on any atom is 0.273 e. The molecule has 1 aromatic rings. The average Bonchev–Trinajstić information content (AvgIpc) is 2.78. The number of hydrogen-bond donors (Lipinski definition) is 2. The molecule has 0 aliphatic heterocycles. The zero-order chi connectivity index (χ0) is 12.8. The van der Waals surface area contributed by atoms with Gasteiger partial charge in [-0.05, 0) is 24.2 Å². The van der Waals surface area contributed by atoms with E-state index in [9.17, 15) is 4.79 Å². The predicted molar refractivity (Wildman–Crippen MR) is 69.4 cm³/mol. The number of furan rings is 1. The summed E-state index contributed by atoms with van der Waals surface area (Å²) in [6.45, 7) is 4.93. The van der Waals surface area contributed by atoms with Crippen LogP contribution in [0.2, 0.25) is 0 Å². The molecule has 1 aromatic heterocycles. The van der Waals surface area contributed by atoms with E-state index in [2.05, 4.69) is 24.6 Å². The molecule has 0 spiro atoms. The van der Waals surface area contributed by atoms with Crippen LogP contribution in [-0.2, 0) is 0 Å². The summed E-state index contributed by atoms with van der Waals surface area (Å²) in [5.41, 5.74) is 3.10. The van der Waals surface area contributed by atoms with Gasteiger partial charge in [0, 0.05) is 13.6 Å². The highest BCUT2D eigenvalue weighted by molar-refractivity contribution is 7.80. The zero-order valence-electron chi connectivity index (χ0n) is 10.2. The summed E-state index contributed by atoms with van der Waals surface area (Å²) in [5, 5.41) is 5.01. The van der Waals surface area contributed by atoms with Gasteiger partial charge in [-0.1, -0.05) is 13.8 Å². The lowest BCUT2D eigenvalue weighted by Gasteiger charge is -2.22. The van der Waals surface area contributed by atoms with Crippen molar-refractivity contribution >= 4 is 23.2 Å². The molecule has 0 aromatic carbocycles. The smallest absolute Gasteiger partial charge is 0.273 e. The Hall–Kier alpha value is -1.56. The molecule has 0 saturated carbocycles. The quantitative estimate of drug-likeness (QED) is 0.631. The van der Waals surface area contributed by atoms with E-state index in [0.29, 0.717) is 16.6 Å². The molecule has 17 heavy (non-hydrogen) atoms. The molecule has 0 aliphatic rings. The van der Waals surface area contributed by atoms with Gasteiger partial charge in [0.05, 0.1) is 11.8 Å². The van der Waals surface area contributed by atoms with Crippen LogP contribution < -0.4 is 10.7 Å². The summed E-state index contributed by atoms with van der Waals surface area (Å²) in [6.07, 6.45) is 2.83. The van der Waals surface area contributed by atoms with E-state index in [0.717, 1.165) is 6.54 Å². The van der Waals surface area contributed by atoms with Crippen molar-refractivity contribution in [1.82, 2.24) is 15.8 Å². The third-order valence-corrected chi connectivity index (χ3v) is 2.44. The lowest BCUT2D eigenvalue weighted by atomic mass is 10.2. The third kappa shape index (κ3) is 4.44. The number of nitrogens with zero attached hydrogens (tertiary/aromatic N) is 1. The fourth-order valence-corrected chi connectivity index (χ4v) is 1.20. The number of carbonyl (C=O) groups excluding carboxylic acids is 1. The summed E-state index contributed by atoms with van der Waals surface area (Å²) in [6, 6.07) is 1.59. The first-order chi connectivity index (χ1) is 8.00. The van der Waals surface area contributed by atoms with Crippen LogP contribution in [0.3, 0.4) is 0 Å². The summed E-state index contributed by atoms with van der Waals surface area (Å²) in [7, 11) is 1.69. The van der Waals surface area contributed by atoms with Crippen molar-refractivity contribution in [2.75, 3.05) is 13.6 Å². The molecular weight excluding hydrogens is 238 g/mol. The van der Waals surface area contributed by atoms with Crippen LogP contribution in [0.25, 0.3) is 0 Å². The van der Waals surface area contributed by atoms with E-state index in [4.69, 9.17) is 16.6 Å². The van der Waals surface area contributed by atoms with Crippen molar-refractivity contribution in [3.05, 3.63) is 24.2 Å². The van der Waals surface area contributed by atoms with E-state index in [1.807, 2.05) is 0 Å². The van der Waals surface area contributed by atoms with Gasteiger partial charge < -0.3 is 9.73 Å². The molecule has 0 aliphatic carbocycles. The molecule has 1 amide bonds. The molecular formula is C11H17N3O2S. The fourth-order valence-electron chi connectivity index (χ4n) is 1.07. The molecule has 1 heterocycles. The fraction of sp³-hybridized carbons (Fsp3) is 0.455. The Bertz CT molecular complexity index is 376. The van der Waals surface area contributed by atoms with E-state index in [1.165, 1.54) is 17.5 Å². The van der Waals surface area contributed by atoms with Gasteiger partial charge in [-0.25, -0.2) is 0 Å².